The molecule has 3 aliphatic rings. The van der Waals surface area contributed by atoms with E-state index in [1.165, 1.54) is 18.5 Å². The topological polar surface area (TPSA) is 21.6 Å². The molecule has 0 aromatic rings. The van der Waals surface area contributed by atoms with Gasteiger partial charge >= 0.3 is 0 Å². The summed E-state index contributed by atoms with van der Waals surface area (Å²) in [5.74, 6) is 0.971. The number of aliphatic imine (C=N–C) groups is 1. The molecular formula is C11H13NOS. The zero-order valence-electron chi connectivity index (χ0n) is 7.98. The molecule has 0 spiro atoms. The first-order valence-corrected chi connectivity index (χ1v) is 6.11. The lowest BCUT2D eigenvalue weighted by Gasteiger charge is -2.33. The number of thioether (sulfide) groups is 1. The third-order valence-electron chi connectivity index (χ3n) is 2.79. The quantitative estimate of drug-likeness (QED) is 0.608. The third kappa shape index (κ3) is 1.40. The average molecular weight is 207 g/mol. The van der Waals surface area contributed by atoms with Crippen LogP contribution >= 0.6 is 11.8 Å². The number of ether oxygens (including phenoxy) is 1. The Hall–Kier alpha value is -0.700. The van der Waals surface area contributed by atoms with E-state index < -0.39 is 0 Å². The van der Waals surface area contributed by atoms with Crippen molar-refractivity contribution in [3.8, 4) is 0 Å². The van der Waals surface area contributed by atoms with E-state index in [0.29, 0.717) is 10.5 Å². The van der Waals surface area contributed by atoms with Gasteiger partial charge < -0.3 is 4.74 Å². The van der Waals surface area contributed by atoms with Crippen LogP contribution in [0.2, 0.25) is 0 Å². The minimum atomic E-state index is 0.525. The van der Waals surface area contributed by atoms with Gasteiger partial charge in [-0.15, -0.1) is 11.8 Å². The van der Waals surface area contributed by atoms with Crippen LogP contribution in [0, 0.1) is 0 Å². The van der Waals surface area contributed by atoms with Gasteiger partial charge in [0.25, 0.3) is 0 Å². The van der Waals surface area contributed by atoms with Crippen LogP contribution in [0.4, 0.5) is 0 Å². The highest BCUT2D eigenvalue weighted by atomic mass is 32.2. The molecule has 1 fully saturated rings. The maximum Gasteiger partial charge on any atom is 0.201 e. The van der Waals surface area contributed by atoms with Gasteiger partial charge in [0.05, 0.1) is 22.8 Å². The Morgan fingerprint density at radius 2 is 2.43 bits per heavy atom. The van der Waals surface area contributed by atoms with E-state index in [0.717, 1.165) is 18.9 Å². The molecule has 74 valence electrons. The van der Waals surface area contributed by atoms with Gasteiger partial charge in [0.1, 0.15) is 0 Å². The maximum atomic E-state index is 5.60. The van der Waals surface area contributed by atoms with E-state index in [1.807, 2.05) is 11.8 Å². The number of hydrogen-bond acceptors (Lipinski definition) is 3. The summed E-state index contributed by atoms with van der Waals surface area (Å²) in [5.41, 5.74) is 1.20. The van der Waals surface area contributed by atoms with E-state index in [2.05, 4.69) is 23.2 Å². The van der Waals surface area contributed by atoms with Crippen LogP contribution in [0.5, 0.6) is 0 Å². The predicted molar refractivity (Wildman–Crippen MR) is 59.6 cm³/mol. The minimum Gasteiger partial charge on any atom is -0.480 e. The molecule has 1 aliphatic carbocycles. The van der Waals surface area contributed by atoms with Crippen LogP contribution in [-0.4, -0.2) is 23.0 Å². The largest absolute Gasteiger partial charge is 0.480 e. The molecule has 2 nitrogen and oxygen atoms in total. The maximum absolute atomic E-state index is 5.60. The number of rotatable bonds is 0. The van der Waals surface area contributed by atoms with Crippen molar-refractivity contribution in [1.29, 1.82) is 0 Å². The first-order valence-electron chi connectivity index (χ1n) is 5.17. The second-order valence-corrected chi connectivity index (χ2v) is 5.22. The van der Waals surface area contributed by atoms with Crippen LogP contribution in [0.3, 0.4) is 0 Å². The summed E-state index contributed by atoms with van der Waals surface area (Å²) in [6.45, 7) is 0.851. The molecule has 2 aliphatic heterocycles. The van der Waals surface area contributed by atoms with E-state index in [1.54, 1.807) is 0 Å². The van der Waals surface area contributed by atoms with Gasteiger partial charge in [-0.2, -0.15) is 0 Å². The average Bonchev–Trinajstić information content (AvgIpc) is 2.26. The Bertz CT molecular complexity index is 332. The number of fused-ring (bicyclic) bond motifs is 2. The Kier molecular flexibility index (Phi) is 2.13. The van der Waals surface area contributed by atoms with Crippen molar-refractivity contribution in [3.63, 3.8) is 0 Å². The van der Waals surface area contributed by atoms with Crippen molar-refractivity contribution >= 4 is 17.7 Å². The first kappa shape index (κ1) is 8.60. The molecule has 0 aromatic heterocycles. The number of hydrogen-bond donors (Lipinski definition) is 0. The second-order valence-electron chi connectivity index (χ2n) is 3.81. The lowest BCUT2D eigenvalue weighted by molar-refractivity contribution is 0.261. The molecule has 0 amide bonds. The van der Waals surface area contributed by atoms with E-state index in [4.69, 9.17) is 4.74 Å². The molecule has 2 heterocycles. The summed E-state index contributed by atoms with van der Waals surface area (Å²) in [7, 11) is 0. The summed E-state index contributed by atoms with van der Waals surface area (Å²) in [6, 6.07) is 0. The van der Waals surface area contributed by atoms with Gasteiger partial charge in [0.2, 0.25) is 5.90 Å². The molecule has 2 atom stereocenters. The second kappa shape index (κ2) is 3.46. The first-order chi connectivity index (χ1) is 6.93. The lowest BCUT2D eigenvalue weighted by atomic mass is 10.1. The molecule has 3 rings (SSSR count). The number of nitrogens with zero attached hydrogens (tertiary/aromatic N) is 1. The predicted octanol–water partition coefficient (Wildman–Crippen LogP) is 2.52. The lowest BCUT2D eigenvalue weighted by Crippen LogP contribution is -2.33. The smallest absolute Gasteiger partial charge is 0.201 e. The van der Waals surface area contributed by atoms with Crippen molar-refractivity contribution in [2.24, 2.45) is 4.99 Å². The molecule has 0 radical (unpaired) electrons. The molecule has 0 saturated carbocycles. The standard InChI is InChI=1S/C11H13NOS/c1-2-5-9-8(4-1)12-11-10(14-9)6-3-7-13-11/h1-2,4,9-10H,3,5-7H2. The molecule has 0 aromatic carbocycles. The molecule has 2 unspecified atom stereocenters. The zero-order valence-corrected chi connectivity index (χ0v) is 8.80. The van der Waals surface area contributed by atoms with Crippen molar-refractivity contribution < 1.29 is 4.74 Å². The fourth-order valence-corrected chi connectivity index (χ4v) is 3.48. The van der Waals surface area contributed by atoms with Gasteiger partial charge in [-0.1, -0.05) is 12.2 Å². The van der Waals surface area contributed by atoms with Crippen molar-refractivity contribution in [2.45, 2.75) is 29.8 Å². The highest BCUT2D eigenvalue weighted by Gasteiger charge is 2.32. The Morgan fingerprint density at radius 1 is 1.43 bits per heavy atom. The molecule has 1 saturated heterocycles. The van der Waals surface area contributed by atoms with Crippen LogP contribution in [0.25, 0.3) is 0 Å². The van der Waals surface area contributed by atoms with Gasteiger partial charge in [0, 0.05) is 0 Å². The Morgan fingerprint density at radius 3 is 3.43 bits per heavy atom. The highest BCUT2D eigenvalue weighted by molar-refractivity contribution is 8.01. The number of allylic oxidation sites excluding steroid dienone is 3. The zero-order chi connectivity index (χ0) is 9.38. The van der Waals surface area contributed by atoms with E-state index >= 15 is 0 Å². The highest BCUT2D eigenvalue weighted by Crippen LogP contribution is 2.38. The van der Waals surface area contributed by atoms with Crippen molar-refractivity contribution in [3.05, 3.63) is 23.9 Å². The van der Waals surface area contributed by atoms with Gasteiger partial charge in [0.15, 0.2) is 0 Å². The summed E-state index contributed by atoms with van der Waals surface area (Å²) >= 11 is 2.02. The van der Waals surface area contributed by atoms with Crippen molar-refractivity contribution in [1.82, 2.24) is 0 Å². The van der Waals surface area contributed by atoms with Crippen LogP contribution in [0.15, 0.2) is 28.9 Å². The third-order valence-corrected chi connectivity index (χ3v) is 4.32. The van der Waals surface area contributed by atoms with Crippen LogP contribution < -0.4 is 0 Å². The Labute approximate surface area is 88.1 Å². The summed E-state index contributed by atoms with van der Waals surface area (Å²) < 4.78 is 5.60. The van der Waals surface area contributed by atoms with Crippen LogP contribution in [-0.2, 0) is 4.74 Å². The van der Waals surface area contributed by atoms with Gasteiger partial charge in [-0.3, -0.25) is 0 Å². The Balaban J connectivity index is 1.92. The molecule has 0 N–H and O–H groups in total. The minimum absolute atomic E-state index is 0.525. The van der Waals surface area contributed by atoms with Crippen LogP contribution in [0.1, 0.15) is 19.3 Å². The molecular weight excluding hydrogens is 194 g/mol. The summed E-state index contributed by atoms with van der Waals surface area (Å²) in [5, 5.41) is 1.10. The van der Waals surface area contributed by atoms with Crippen molar-refractivity contribution in [2.75, 3.05) is 6.61 Å². The fourth-order valence-electron chi connectivity index (χ4n) is 2.05. The molecule has 0 bridgehead atoms. The monoisotopic (exact) mass is 207 g/mol. The van der Waals surface area contributed by atoms with Gasteiger partial charge in [-0.05, 0) is 25.3 Å². The summed E-state index contributed by atoms with van der Waals surface area (Å²) in [4.78, 5) is 4.61. The van der Waals surface area contributed by atoms with Gasteiger partial charge in [-0.25, -0.2) is 4.99 Å². The molecule has 14 heavy (non-hydrogen) atoms. The summed E-state index contributed by atoms with van der Waals surface area (Å²) in [6.07, 6.45) is 9.98. The van der Waals surface area contributed by atoms with E-state index in [9.17, 15) is 0 Å². The molecule has 3 heteroatoms. The van der Waals surface area contributed by atoms with E-state index in [-0.39, 0.29) is 0 Å². The normalized spacial score (nSPS) is 34.9. The fraction of sp³-hybridized carbons (Fsp3) is 0.545. The SMILES string of the molecule is C1=CCC2SC3CCCOC3=NC2=C1.